The highest BCUT2D eigenvalue weighted by Crippen LogP contribution is 2.43. The summed E-state index contributed by atoms with van der Waals surface area (Å²) in [7, 11) is 0. The third kappa shape index (κ3) is 2.76. The smallest absolute Gasteiger partial charge is 0.256 e. The molecule has 2 aliphatic rings. The summed E-state index contributed by atoms with van der Waals surface area (Å²) in [6, 6.07) is 9.28. The van der Waals surface area contributed by atoms with Gasteiger partial charge in [-0.15, -0.1) is 0 Å². The molecule has 0 bridgehead atoms. The Bertz CT molecular complexity index is 740. The molecule has 1 amide bonds. The van der Waals surface area contributed by atoms with Gasteiger partial charge in [0.05, 0.1) is 11.6 Å². The topological polar surface area (TPSA) is 64.3 Å². The van der Waals surface area contributed by atoms with Gasteiger partial charge in [-0.3, -0.25) is 4.79 Å². The molecule has 1 aliphatic carbocycles. The maximum Gasteiger partial charge on any atom is 0.256 e. The molecule has 1 atom stereocenters. The van der Waals surface area contributed by atoms with E-state index in [1.54, 1.807) is 17.0 Å². The largest absolute Gasteiger partial charge is 0.367 e. The lowest BCUT2D eigenvalue weighted by molar-refractivity contribution is -0.145. The zero-order valence-electron chi connectivity index (χ0n) is 14.0. The van der Waals surface area contributed by atoms with E-state index in [2.05, 4.69) is 13.0 Å². The average molecular weight is 322 g/mol. The van der Waals surface area contributed by atoms with Crippen molar-refractivity contribution in [1.29, 1.82) is 5.26 Å². The van der Waals surface area contributed by atoms with Crippen LogP contribution in [0.15, 0.2) is 47.6 Å². The number of rotatable bonds is 5. The number of aliphatic hydroxyl groups is 1. The second-order valence-corrected chi connectivity index (χ2v) is 6.45. The fourth-order valence-electron chi connectivity index (χ4n) is 3.54. The first-order valence-electron chi connectivity index (χ1n) is 8.53. The van der Waals surface area contributed by atoms with Crippen LogP contribution in [0.25, 0.3) is 0 Å². The predicted octanol–water partition coefficient (Wildman–Crippen LogP) is 3.43. The van der Waals surface area contributed by atoms with Gasteiger partial charge in [-0.05, 0) is 49.0 Å². The van der Waals surface area contributed by atoms with Crippen LogP contribution < -0.4 is 0 Å². The molecule has 0 fully saturated rings. The zero-order chi connectivity index (χ0) is 17.2. The van der Waals surface area contributed by atoms with Gasteiger partial charge in [-0.1, -0.05) is 37.6 Å². The molecule has 1 heterocycles. The Morgan fingerprint density at radius 1 is 1.33 bits per heavy atom. The number of carbonyl (C=O) groups is 1. The third-order valence-electron chi connectivity index (χ3n) is 4.88. The van der Waals surface area contributed by atoms with Gasteiger partial charge in [-0.2, -0.15) is 5.26 Å². The van der Waals surface area contributed by atoms with Crippen molar-refractivity contribution in [2.24, 2.45) is 0 Å². The standard InChI is InChI=1S/C20H22N2O2/c1-2-3-12-20(24)18-7-5-4-6-17(18)19(23)22(20)14-16-10-8-15(13-21)9-11-16/h4,6,8-11,24H,2-3,5,7,12,14H2,1H3. The molecular weight excluding hydrogens is 300 g/mol. The van der Waals surface area contributed by atoms with E-state index in [0.717, 1.165) is 36.8 Å². The molecule has 124 valence electrons. The van der Waals surface area contributed by atoms with E-state index < -0.39 is 5.72 Å². The monoisotopic (exact) mass is 322 g/mol. The van der Waals surface area contributed by atoms with Crippen LogP contribution in [0.5, 0.6) is 0 Å². The summed E-state index contributed by atoms with van der Waals surface area (Å²) in [4.78, 5) is 14.5. The zero-order valence-corrected chi connectivity index (χ0v) is 14.0. The summed E-state index contributed by atoms with van der Waals surface area (Å²) < 4.78 is 0. The third-order valence-corrected chi connectivity index (χ3v) is 4.88. The first-order valence-corrected chi connectivity index (χ1v) is 8.53. The summed E-state index contributed by atoms with van der Waals surface area (Å²) in [5.74, 6) is -0.0936. The summed E-state index contributed by atoms with van der Waals surface area (Å²) >= 11 is 0. The van der Waals surface area contributed by atoms with Crippen LogP contribution in [-0.2, 0) is 11.3 Å². The van der Waals surface area contributed by atoms with Gasteiger partial charge in [0.2, 0.25) is 0 Å². The lowest BCUT2D eigenvalue weighted by atomic mass is 9.89. The first-order chi connectivity index (χ1) is 11.6. The average Bonchev–Trinajstić information content (AvgIpc) is 2.83. The second-order valence-electron chi connectivity index (χ2n) is 6.45. The molecule has 3 rings (SSSR count). The maximum atomic E-state index is 12.9. The van der Waals surface area contributed by atoms with Crippen LogP contribution in [0, 0.1) is 11.3 Å². The Kier molecular flexibility index (Phi) is 4.55. The minimum absolute atomic E-state index is 0.0936. The Morgan fingerprint density at radius 3 is 2.75 bits per heavy atom. The molecule has 0 aromatic heterocycles. The van der Waals surface area contributed by atoms with Crippen molar-refractivity contribution in [3.05, 3.63) is 58.7 Å². The molecule has 0 saturated carbocycles. The minimum Gasteiger partial charge on any atom is -0.367 e. The van der Waals surface area contributed by atoms with E-state index in [0.29, 0.717) is 24.1 Å². The highest BCUT2D eigenvalue weighted by atomic mass is 16.3. The van der Waals surface area contributed by atoms with Gasteiger partial charge in [-0.25, -0.2) is 0 Å². The summed E-state index contributed by atoms with van der Waals surface area (Å²) in [5, 5.41) is 20.3. The SMILES string of the molecule is CCCCC1(O)C2=C(C=CCC2)C(=O)N1Cc1ccc(C#N)cc1. The van der Waals surface area contributed by atoms with Crippen LogP contribution in [0.4, 0.5) is 0 Å². The fraction of sp³-hybridized carbons (Fsp3) is 0.400. The number of nitriles is 1. The van der Waals surface area contributed by atoms with Gasteiger partial charge >= 0.3 is 0 Å². The number of hydrogen-bond acceptors (Lipinski definition) is 3. The van der Waals surface area contributed by atoms with Gasteiger partial charge < -0.3 is 10.0 Å². The molecule has 24 heavy (non-hydrogen) atoms. The van der Waals surface area contributed by atoms with Crippen molar-refractivity contribution in [1.82, 2.24) is 4.90 Å². The molecule has 1 unspecified atom stereocenters. The van der Waals surface area contributed by atoms with E-state index in [-0.39, 0.29) is 5.91 Å². The molecule has 0 spiro atoms. The molecule has 4 heteroatoms. The number of amides is 1. The molecule has 1 N–H and O–H groups in total. The first kappa shape index (κ1) is 16.5. The normalized spacial score (nSPS) is 22.7. The number of carbonyl (C=O) groups excluding carboxylic acids is 1. The molecule has 0 radical (unpaired) electrons. The van der Waals surface area contributed by atoms with Gasteiger partial charge in [0.15, 0.2) is 5.72 Å². The van der Waals surface area contributed by atoms with Gasteiger partial charge in [0.25, 0.3) is 5.91 Å². The minimum atomic E-state index is -1.18. The van der Waals surface area contributed by atoms with Crippen LogP contribution >= 0.6 is 0 Å². The van der Waals surface area contributed by atoms with Crippen molar-refractivity contribution in [2.45, 2.75) is 51.3 Å². The van der Waals surface area contributed by atoms with E-state index in [9.17, 15) is 9.90 Å². The second kappa shape index (κ2) is 6.62. The van der Waals surface area contributed by atoms with Gasteiger partial charge in [0.1, 0.15) is 0 Å². The van der Waals surface area contributed by atoms with E-state index >= 15 is 0 Å². The number of hydrogen-bond donors (Lipinski definition) is 1. The van der Waals surface area contributed by atoms with E-state index in [4.69, 9.17) is 5.26 Å². The number of allylic oxidation sites excluding steroid dienone is 1. The number of unbranched alkanes of at least 4 members (excludes halogenated alkanes) is 1. The summed E-state index contributed by atoms with van der Waals surface area (Å²) in [6.07, 6.45) is 7.87. The Hall–Kier alpha value is -2.38. The summed E-state index contributed by atoms with van der Waals surface area (Å²) in [5.41, 5.74) is 1.86. The molecule has 4 nitrogen and oxygen atoms in total. The highest BCUT2D eigenvalue weighted by Gasteiger charge is 2.48. The molecular formula is C20H22N2O2. The number of benzene rings is 1. The van der Waals surface area contributed by atoms with Crippen molar-refractivity contribution in [3.8, 4) is 6.07 Å². The lowest BCUT2D eigenvalue weighted by Gasteiger charge is -2.36. The van der Waals surface area contributed by atoms with Crippen LogP contribution in [0.1, 0.15) is 50.2 Å². The molecule has 1 aliphatic heterocycles. The van der Waals surface area contributed by atoms with Crippen LogP contribution in [0.2, 0.25) is 0 Å². The van der Waals surface area contributed by atoms with Crippen LogP contribution in [0.3, 0.4) is 0 Å². The number of nitrogens with zero attached hydrogens (tertiary/aromatic N) is 2. The Labute approximate surface area is 142 Å². The Morgan fingerprint density at radius 2 is 2.08 bits per heavy atom. The van der Waals surface area contributed by atoms with E-state index in [1.165, 1.54) is 0 Å². The molecule has 1 aromatic rings. The molecule has 0 saturated heterocycles. The van der Waals surface area contributed by atoms with Crippen LogP contribution in [-0.4, -0.2) is 21.6 Å². The quantitative estimate of drug-likeness (QED) is 0.903. The van der Waals surface area contributed by atoms with Crippen molar-refractivity contribution < 1.29 is 9.90 Å². The van der Waals surface area contributed by atoms with Crippen molar-refractivity contribution >= 4 is 5.91 Å². The molecule has 1 aromatic carbocycles. The fourth-order valence-corrected chi connectivity index (χ4v) is 3.54. The maximum absolute atomic E-state index is 12.9. The van der Waals surface area contributed by atoms with Gasteiger partial charge in [0, 0.05) is 12.1 Å². The Balaban J connectivity index is 1.91. The van der Waals surface area contributed by atoms with Crippen molar-refractivity contribution in [2.75, 3.05) is 0 Å². The lowest BCUT2D eigenvalue weighted by Crippen LogP contribution is -2.47. The van der Waals surface area contributed by atoms with E-state index in [1.807, 2.05) is 24.3 Å². The van der Waals surface area contributed by atoms with Crippen molar-refractivity contribution in [3.63, 3.8) is 0 Å². The predicted molar refractivity (Wildman–Crippen MR) is 91.6 cm³/mol. The highest BCUT2D eigenvalue weighted by molar-refractivity contribution is 6.01. The summed E-state index contributed by atoms with van der Waals surface area (Å²) in [6.45, 7) is 2.44.